The van der Waals surface area contributed by atoms with Crippen molar-refractivity contribution in [3.63, 3.8) is 0 Å². The summed E-state index contributed by atoms with van der Waals surface area (Å²) >= 11 is 0.149. The molecular formula is C20H40O6Sn. The minimum Gasteiger partial charge on any atom is -0.548 e. The number of rotatable bonds is 13. The van der Waals surface area contributed by atoms with Gasteiger partial charge >= 0.3 is 69.5 Å². The van der Waals surface area contributed by atoms with E-state index in [9.17, 15) is 0 Å². The van der Waals surface area contributed by atoms with Crippen molar-refractivity contribution in [3.05, 3.63) is 12.7 Å². The first-order chi connectivity index (χ1) is 12.9. The maximum atomic E-state index is 9.01. The molecule has 2 N–H and O–H groups in total. The molecule has 0 amide bonds. The summed E-state index contributed by atoms with van der Waals surface area (Å²) in [7, 11) is 0. The van der Waals surface area contributed by atoms with Crippen molar-refractivity contribution in [3.8, 4) is 0 Å². The third-order valence-electron chi connectivity index (χ3n) is 2.93. The number of hydrogen-bond acceptors (Lipinski definition) is 6. The van der Waals surface area contributed by atoms with Crippen molar-refractivity contribution in [1.29, 1.82) is 0 Å². The first-order valence-corrected chi connectivity index (χ1v) is 13.8. The number of aliphatic carboxylic acids is 2. The zero-order chi connectivity index (χ0) is 21.8. The van der Waals surface area contributed by atoms with Gasteiger partial charge in [0.25, 0.3) is 0 Å². The number of hydrogen-bond donors (Lipinski definition) is 2. The summed E-state index contributed by atoms with van der Waals surface area (Å²) in [6, 6.07) is 0. The topological polar surface area (TPSA) is 121 Å². The van der Waals surface area contributed by atoms with Gasteiger partial charge in [0.1, 0.15) is 0 Å². The second-order valence-corrected chi connectivity index (χ2v) is 9.94. The average Bonchev–Trinajstić information content (AvgIpc) is 2.66. The minimum absolute atomic E-state index is 0.149. The van der Waals surface area contributed by atoms with Crippen LogP contribution in [-0.4, -0.2) is 56.5 Å². The van der Waals surface area contributed by atoms with E-state index < -0.39 is 25.2 Å². The number of aliphatic hydroxyl groups is 2. The number of carboxylic acids is 2. The van der Waals surface area contributed by atoms with Crippen LogP contribution in [0.15, 0.2) is 12.7 Å². The standard InChI is InChI=1S/C8H16.2C4H9.2C2H4O3.Sn/c1-3-5-7-8-6-4-2;2*1-3-4-2;2*3-1-2(4)5;/h3H,1,4-8H2,2H3;2*1,3-4H2,2H3;2*3H,1H2,(H,4,5);/q;;;;;+2/p-2. The Bertz CT molecular complexity index is 278. The predicted molar refractivity (Wildman–Crippen MR) is 108 cm³/mol. The van der Waals surface area contributed by atoms with Crippen LogP contribution in [0.3, 0.4) is 0 Å². The second kappa shape index (κ2) is 36.3. The molecule has 7 heteroatoms. The maximum absolute atomic E-state index is 9.01. The van der Waals surface area contributed by atoms with Crippen LogP contribution in [0.2, 0.25) is 8.87 Å². The molecule has 0 aromatic heterocycles. The molecule has 0 saturated carbocycles. The van der Waals surface area contributed by atoms with E-state index in [1.165, 1.54) is 57.8 Å². The van der Waals surface area contributed by atoms with Gasteiger partial charge in [-0.1, -0.05) is 32.3 Å². The fourth-order valence-corrected chi connectivity index (χ4v) is 5.60. The Morgan fingerprint density at radius 3 is 1.44 bits per heavy atom. The van der Waals surface area contributed by atoms with Crippen LogP contribution in [0.1, 0.15) is 78.6 Å². The van der Waals surface area contributed by atoms with Gasteiger partial charge < -0.3 is 30.0 Å². The Morgan fingerprint density at radius 2 is 1.19 bits per heavy atom. The average molecular weight is 495 g/mol. The summed E-state index contributed by atoms with van der Waals surface area (Å²) < 4.78 is 3.25. The van der Waals surface area contributed by atoms with Gasteiger partial charge in [-0.05, 0) is 12.8 Å². The summed E-state index contributed by atoms with van der Waals surface area (Å²) in [5.74, 6) is -2.88. The molecular weight excluding hydrogens is 455 g/mol. The van der Waals surface area contributed by atoms with Gasteiger partial charge in [0, 0.05) is 0 Å². The molecule has 0 aromatic carbocycles. The summed E-state index contributed by atoms with van der Waals surface area (Å²) in [6.45, 7) is 8.69. The van der Waals surface area contributed by atoms with Crippen molar-refractivity contribution in [2.24, 2.45) is 0 Å². The van der Waals surface area contributed by atoms with Gasteiger partial charge in [-0.2, -0.15) is 0 Å². The zero-order valence-electron chi connectivity index (χ0n) is 17.5. The van der Waals surface area contributed by atoms with E-state index in [-0.39, 0.29) is 21.1 Å². The quantitative estimate of drug-likeness (QED) is 0.228. The van der Waals surface area contributed by atoms with Gasteiger partial charge in [0.05, 0.1) is 25.2 Å². The Hall–Kier alpha value is -0.601. The first kappa shape index (κ1) is 33.9. The molecule has 0 bridgehead atoms. The third kappa shape index (κ3) is 67.1. The van der Waals surface area contributed by atoms with Crippen molar-refractivity contribution in [1.82, 2.24) is 0 Å². The van der Waals surface area contributed by atoms with Crippen molar-refractivity contribution >= 4 is 33.1 Å². The fraction of sp³-hybridized carbons (Fsp3) is 0.800. The Balaban J connectivity index is -0.000000135. The number of aliphatic hydroxyl groups excluding tert-OH is 2. The molecule has 160 valence electrons. The van der Waals surface area contributed by atoms with Crippen molar-refractivity contribution in [2.45, 2.75) is 87.4 Å². The Labute approximate surface area is 176 Å². The minimum atomic E-state index is -1.44. The van der Waals surface area contributed by atoms with Crippen molar-refractivity contribution < 1.29 is 30.0 Å². The molecule has 0 unspecified atom stereocenters. The Kier molecular flexibility index (Phi) is 45.7. The molecule has 0 aliphatic carbocycles. The molecule has 0 spiro atoms. The number of carbonyl (C=O) groups is 2. The summed E-state index contributed by atoms with van der Waals surface area (Å²) in [5.41, 5.74) is 0. The van der Waals surface area contributed by atoms with Crippen LogP contribution < -0.4 is 10.2 Å². The van der Waals surface area contributed by atoms with E-state index in [0.717, 1.165) is 0 Å². The van der Waals surface area contributed by atoms with Crippen molar-refractivity contribution in [2.75, 3.05) is 13.2 Å². The summed E-state index contributed by atoms with van der Waals surface area (Å²) in [5, 5.41) is 33.0. The van der Waals surface area contributed by atoms with Crippen LogP contribution in [0, 0.1) is 0 Å². The molecule has 0 fully saturated rings. The van der Waals surface area contributed by atoms with Gasteiger partial charge in [0.15, 0.2) is 0 Å². The van der Waals surface area contributed by atoms with E-state index in [1.807, 2.05) is 6.08 Å². The van der Waals surface area contributed by atoms with Gasteiger partial charge in [0.2, 0.25) is 0 Å². The molecule has 0 saturated heterocycles. The predicted octanol–water partition coefficient (Wildman–Crippen LogP) is 1.73. The summed E-state index contributed by atoms with van der Waals surface area (Å²) in [6.07, 6.45) is 14.5. The van der Waals surface area contributed by atoms with E-state index in [1.54, 1.807) is 8.87 Å². The van der Waals surface area contributed by atoms with E-state index in [2.05, 4.69) is 27.4 Å². The van der Waals surface area contributed by atoms with E-state index >= 15 is 0 Å². The molecule has 0 aliphatic heterocycles. The van der Waals surface area contributed by atoms with Crippen LogP contribution in [-0.2, 0) is 9.59 Å². The smallest absolute Gasteiger partial charge is 0.0826 e. The molecule has 0 atom stereocenters. The molecule has 0 aromatic rings. The van der Waals surface area contributed by atoms with Gasteiger partial charge in [-0.25, -0.2) is 0 Å². The zero-order valence-corrected chi connectivity index (χ0v) is 20.4. The number of carboxylic acid groups (broad SMARTS) is 2. The molecule has 0 radical (unpaired) electrons. The number of carbonyl (C=O) groups excluding carboxylic acids is 2. The maximum Gasteiger partial charge on any atom is 0.0826 e. The molecule has 0 heterocycles. The van der Waals surface area contributed by atoms with Gasteiger partial charge in [-0.15, -0.1) is 6.58 Å². The monoisotopic (exact) mass is 496 g/mol. The Morgan fingerprint density at radius 1 is 0.815 bits per heavy atom. The van der Waals surface area contributed by atoms with E-state index in [0.29, 0.717) is 0 Å². The number of unbranched alkanes of at least 4 members (excludes halogenated alkanes) is 6. The van der Waals surface area contributed by atoms with Crippen LogP contribution in [0.4, 0.5) is 0 Å². The fourth-order valence-electron chi connectivity index (χ4n) is 1.44. The summed E-state index contributed by atoms with van der Waals surface area (Å²) in [4.78, 5) is 18.0. The van der Waals surface area contributed by atoms with Crippen LogP contribution in [0.5, 0.6) is 0 Å². The molecule has 0 rings (SSSR count). The molecule has 27 heavy (non-hydrogen) atoms. The SMILES string of the molecule is C=CCCCCCC.CCC[CH2][Sn+2][CH2]CCC.O=C([O-])CO.O=C([O-])CO. The normalized spacial score (nSPS) is 8.48. The molecule has 0 aliphatic rings. The second-order valence-electron chi connectivity index (χ2n) is 5.66. The van der Waals surface area contributed by atoms with Crippen LogP contribution >= 0.6 is 0 Å². The molecule has 6 nitrogen and oxygen atoms in total. The first-order valence-electron chi connectivity index (χ1n) is 9.80. The third-order valence-corrected chi connectivity index (χ3v) is 6.97. The number of allylic oxidation sites excluding steroid dienone is 1. The van der Waals surface area contributed by atoms with E-state index in [4.69, 9.17) is 30.0 Å². The van der Waals surface area contributed by atoms with Gasteiger partial charge in [-0.3, -0.25) is 0 Å². The van der Waals surface area contributed by atoms with Crippen LogP contribution in [0.25, 0.3) is 0 Å². The largest absolute Gasteiger partial charge is 0.548 e.